The molecule has 3 nitrogen and oxygen atoms in total. The molecule has 0 atom stereocenters. The topological polar surface area (TPSA) is 43.1 Å². The summed E-state index contributed by atoms with van der Waals surface area (Å²) in [6.45, 7) is 4.00. The molecule has 0 radical (unpaired) electrons. The van der Waals surface area contributed by atoms with Crippen LogP contribution in [0.1, 0.15) is 35.3 Å². The Morgan fingerprint density at radius 3 is 2.22 bits per heavy atom. The summed E-state index contributed by atoms with van der Waals surface area (Å²) in [6, 6.07) is 24.0. The Bertz CT molecular complexity index is 992. The van der Waals surface area contributed by atoms with Gasteiger partial charge in [-0.1, -0.05) is 73.6 Å². The van der Waals surface area contributed by atoms with E-state index in [0.29, 0.717) is 11.3 Å². The minimum Gasteiger partial charge on any atom is -0.355 e. The van der Waals surface area contributed by atoms with Crippen molar-refractivity contribution in [2.45, 2.75) is 20.3 Å². The molecule has 0 fully saturated rings. The van der Waals surface area contributed by atoms with E-state index in [0.717, 1.165) is 29.2 Å². The van der Waals surface area contributed by atoms with E-state index < -0.39 is 0 Å². The monoisotopic (exact) mass is 471 g/mol. The third-order valence-electron chi connectivity index (χ3n) is 4.10. The average Bonchev–Trinajstić information content (AvgIpc) is 3.14. The van der Waals surface area contributed by atoms with Crippen LogP contribution in [0.2, 0.25) is 0 Å². The molecule has 27 heavy (non-hydrogen) atoms. The van der Waals surface area contributed by atoms with Crippen molar-refractivity contribution < 1.29 is 9.32 Å². The number of hydrogen-bond donors (Lipinski definition) is 0. The maximum Gasteiger partial charge on any atom is 0.174 e. The summed E-state index contributed by atoms with van der Waals surface area (Å²) in [5.74, 6) is 0.694. The molecular formula is C23H22INO2. The molecule has 138 valence electrons. The van der Waals surface area contributed by atoms with Crippen molar-refractivity contribution >= 4 is 41.2 Å². The van der Waals surface area contributed by atoms with Crippen molar-refractivity contribution in [2.24, 2.45) is 0 Å². The second kappa shape index (κ2) is 10.0. The van der Waals surface area contributed by atoms with Crippen LogP contribution in [-0.2, 0) is 6.42 Å². The number of aromatic nitrogens is 1. The first-order chi connectivity index (χ1) is 12.8. The number of benzene rings is 3. The molecule has 4 rings (SSSR count). The maximum absolute atomic E-state index is 11.0. The van der Waals surface area contributed by atoms with Crippen molar-refractivity contribution in [2.75, 3.05) is 0 Å². The molecule has 0 aliphatic carbocycles. The summed E-state index contributed by atoms with van der Waals surface area (Å²) >= 11 is 0. The molecule has 0 spiro atoms. The Morgan fingerprint density at radius 1 is 0.889 bits per heavy atom. The highest BCUT2D eigenvalue weighted by Crippen LogP contribution is 2.29. The van der Waals surface area contributed by atoms with E-state index in [1.165, 1.54) is 11.1 Å². The van der Waals surface area contributed by atoms with E-state index in [1.54, 1.807) is 12.1 Å². The molecule has 1 heterocycles. The highest BCUT2D eigenvalue weighted by Gasteiger charge is 2.11. The number of fused-ring (bicyclic) bond motifs is 1. The second-order valence-corrected chi connectivity index (χ2v) is 5.77. The Morgan fingerprint density at radius 2 is 1.56 bits per heavy atom. The van der Waals surface area contributed by atoms with E-state index in [4.69, 9.17) is 4.52 Å². The Labute approximate surface area is 176 Å². The molecular weight excluding hydrogens is 449 g/mol. The van der Waals surface area contributed by atoms with E-state index >= 15 is 0 Å². The van der Waals surface area contributed by atoms with Crippen LogP contribution in [0.25, 0.3) is 22.2 Å². The summed E-state index contributed by atoms with van der Waals surface area (Å²) < 4.78 is 5.49. The smallest absolute Gasteiger partial charge is 0.174 e. The van der Waals surface area contributed by atoms with E-state index in [-0.39, 0.29) is 24.0 Å². The first kappa shape index (κ1) is 20.8. The summed E-state index contributed by atoms with van der Waals surface area (Å²) in [5, 5.41) is 4.93. The lowest BCUT2D eigenvalue weighted by Gasteiger charge is -2.03. The fourth-order valence-corrected chi connectivity index (χ4v) is 2.85. The Balaban J connectivity index is 0.000000844. The molecule has 4 aromatic rings. The fraction of sp³-hybridized carbons (Fsp3) is 0.130. The number of halogens is 1. The SMILES string of the molecule is CC.I.O=Cc1ccc2noc(-c3ccc(Cc4ccccc4)cc3)c2c1. The third-order valence-corrected chi connectivity index (χ3v) is 4.10. The second-order valence-electron chi connectivity index (χ2n) is 5.77. The summed E-state index contributed by atoms with van der Waals surface area (Å²) in [4.78, 5) is 11.0. The van der Waals surface area contributed by atoms with E-state index in [2.05, 4.69) is 41.6 Å². The zero-order valence-electron chi connectivity index (χ0n) is 15.4. The van der Waals surface area contributed by atoms with Crippen LogP contribution in [0.15, 0.2) is 77.3 Å². The molecule has 1 aromatic heterocycles. The number of hydrogen-bond acceptors (Lipinski definition) is 3. The number of aldehydes is 1. The van der Waals surface area contributed by atoms with Crippen LogP contribution in [0.3, 0.4) is 0 Å². The zero-order valence-corrected chi connectivity index (χ0v) is 17.7. The molecule has 0 aliphatic heterocycles. The van der Waals surface area contributed by atoms with Crippen LogP contribution in [-0.4, -0.2) is 11.4 Å². The highest BCUT2D eigenvalue weighted by atomic mass is 127. The predicted octanol–water partition coefficient (Wildman–Crippen LogP) is 6.54. The van der Waals surface area contributed by atoms with E-state index in [9.17, 15) is 4.79 Å². The number of carbonyl (C=O) groups excluding carboxylic acids is 1. The minimum absolute atomic E-state index is 0. The lowest BCUT2D eigenvalue weighted by Crippen LogP contribution is -1.87. The third kappa shape index (κ3) is 4.83. The molecule has 0 unspecified atom stereocenters. The molecule has 0 N–H and O–H groups in total. The van der Waals surface area contributed by atoms with Gasteiger partial charge in [0.2, 0.25) is 0 Å². The summed E-state index contributed by atoms with van der Waals surface area (Å²) in [6.07, 6.45) is 1.73. The van der Waals surface area contributed by atoms with Crippen LogP contribution >= 0.6 is 24.0 Å². The van der Waals surface area contributed by atoms with Gasteiger partial charge >= 0.3 is 0 Å². The molecule has 0 saturated heterocycles. The molecule has 3 aromatic carbocycles. The first-order valence-corrected chi connectivity index (χ1v) is 8.81. The van der Waals surface area contributed by atoms with Gasteiger partial charge in [-0.2, -0.15) is 0 Å². The van der Waals surface area contributed by atoms with Crippen LogP contribution in [0.5, 0.6) is 0 Å². The van der Waals surface area contributed by atoms with Gasteiger partial charge in [0.1, 0.15) is 11.8 Å². The van der Waals surface area contributed by atoms with Gasteiger partial charge in [-0.3, -0.25) is 4.79 Å². The fourth-order valence-electron chi connectivity index (χ4n) is 2.85. The summed E-state index contributed by atoms with van der Waals surface area (Å²) in [7, 11) is 0. The quantitative estimate of drug-likeness (QED) is 0.251. The van der Waals surface area contributed by atoms with Gasteiger partial charge in [-0.25, -0.2) is 0 Å². The van der Waals surface area contributed by atoms with Gasteiger partial charge in [0, 0.05) is 11.1 Å². The van der Waals surface area contributed by atoms with Crippen molar-refractivity contribution in [3.63, 3.8) is 0 Å². The largest absolute Gasteiger partial charge is 0.355 e. The van der Waals surface area contributed by atoms with Gasteiger partial charge < -0.3 is 4.52 Å². The molecule has 0 bridgehead atoms. The molecule has 0 aliphatic rings. The van der Waals surface area contributed by atoms with Crippen molar-refractivity contribution in [3.8, 4) is 11.3 Å². The highest BCUT2D eigenvalue weighted by molar-refractivity contribution is 14.0. The standard InChI is InChI=1S/C21H15NO2.C2H6.HI/c23-14-17-8-11-20-19(13-17)21(24-22-20)18-9-6-16(7-10-18)12-15-4-2-1-3-5-15;1-2;/h1-11,13-14H,12H2;1-2H3;1H. The first-order valence-electron chi connectivity index (χ1n) is 8.81. The summed E-state index contributed by atoms with van der Waals surface area (Å²) in [5.41, 5.74) is 4.85. The zero-order chi connectivity index (χ0) is 18.4. The van der Waals surface area contributed by atoms with Gasteiger partial charge in [0.25, 0.3) is 0 Å². The predicted molar refractivity (Wildman–Crippen MR) is 121 cm³/mol. The Kier molecular flexibility index (Phi) is 7.73. The van der Waals surface area contributed by atoms with Crippen molar-refractivity contribution in [1.29, 1.82) is 0 Å². The average molecular weight is 471 g/mol. The van der Waals surface area contributed by atoms with E-state index in [1.807, 2.05) is 38.1 Å². The van der Waals surface area contributed by atoms with Crippen molar-refractivity contribution in [1.82, 2.24) is 5.16 Å². The van der Waals surface area contributed by atoms with Crippen LogP contribution in [0, 0.1) is 0 Å². The van der Waals surface area contributed by atoms with Crippen LogP contribution in [0.4, 0.5) is 0 Å². The van der Waals surface area contributed by atoms with Gasteiger partial charge in [0.15, 0.2) is 5.76 Å². The molecule has 4 heteroatoms. The lowest BCUT2D eigenvalue weighted by atomic mass is 10.0. The minimum atomic E-state index is 0. The molecule has 0 saturated carbocycles. The Hall–Kier alpha value is -2.47. The maximum atomic E-state index is 11.0. The van der Waals surface area contributed by atoms with Gasteiger partial charge in [-0.15, -0.1) is 24.0 Å². The van der Waals surface area contributed by atoms with Crippen LogP contribution < -0.4 is 0 Å². The van der Waals surface area contributed by atoms with Gasteiger partial charge in [0.05, 0.1) is 5.39 Å². The number of nitrogens with zero attached hydrogens (tertiary/aromatic N) is 1. The number of rotatable bonds is 4. The normalized spacial score (nSPS) is 9.85. The van der Waals surface area contributed by atoms with Gasteiger partial charge in [-0.05, 0) is 35.7 Å². The molecule has 0 amide bonds. The van der Waals surface area contributed by atoms with Crippen molar-refractivity contribution in [3.05, 3.63) is 89.5 Å². The lowest BCUT2D eigenvalue weighted by molar-refractivity contribution is 0.112. The number of carbonyl (C=O) groups is 1.